The Labute approximate surface area is 160 Å². The Bertz CT molecular complexity index is 981. The van der Waals surface area contributed by atoms with Crippen LogP contribution in [0.4, 0.5) is 0 Å². The van der Waals surface area contributed by atoms with Crippen molar-refractivity contribution < 1.29 is 21.4 Å². The number of hydrogen-bond acceptors (Lipinski definition) is 7. The third-order valence-electron chi connectivity index (χ3n) is 3.55. The summed E-state index contributed by atoms with van der Waals surface area (Å²) in [5.41, 5.74) is 1.54. The van der Waals surface area contributed by atoms with Crippen LogP contribution >= 0.6 is 0 Å². The first-order valence-corrected chi connectivity index (χ1v) is 11.2. The summed E-state index contributed by atoms with van der Waals surface area (Å²) in [7, 11) is -3.70. The predicted octanol–water partition coefficient (Wildman–Crippen LogP) is 1.42. The Morgan fingerprint density at radius 3 is 2.41 bits per heavy atom. The Hall–Kier alpha value is -1.88. The second kappa shape index (κ2) is 8.87. The summed E-state index contributed by atoms with van der Waals surface area (Å²) < 4.78 is 50.2. The molecule has 0 saturated carbocycles. The van der Waals surface area contributed by atoms with Crippen molar-refractivity contribution >= 4 is 21.2 Å². The molecule has 10 heteroatoms. The lowest BCUT2D eigenvalue weighted by Crippen LogP contribution is -2.29. The van der Waals surface area contributed by atoms with Crippen LogP contribution in [-0.2, 0) is 44.3 Å². The summed E-state index contributed by atoms with van der Waals surface area (Å²) in [6.45, 7) is 3.86. The molecule has 0 bridgehead atoms. The van der Waals surface area contributed by atoms with Gasteiger partial charge in [0.1, 0.15) is 0 Å². The Balaban J connectivity index is 2.45. The van der Waals surface area contributed by atoms with E-state index in [2.05, 4.69) is 5.10 Å². The van der Waals surface area contributed by atoms with Crippen molar-refractivity contribution in [3.63, 3.8) is 0 Å². The van der Waals surface area contributed by atoms with Gasteiger partial charge in [0.15, 0.2) is 0 Å². The maximum Gasteiger partial charge on any atom is 0.272 e. The minimum absolute atomic E-state index is 0.0893. The van der Waals surface area contributed by atoms with Crippen molar-refractivity contribution in [2.24, 2.45) is 5.92 Å². The third kappa shape index (κ3) is 6.65. The molecule has 1 atom stereocenters. The topological polar surface area (TPSA) is 118 Å². The molecular formula is C17H21N2O6S2-. The second-order valence-electron chi connectivity index (χ2n) is 6.55. The van der Waals surface area contributed by atoms with Crippen molar-refractivity contribution in [3.8, 4) is 11.3 Å². The van der Waals surface area contributed by atoms with Crippen LogP contribution in [0.1, 0.15) is 25.0 Å². The van der Waals surface area contributed by atoms with Gasteiger partial charge in [-0.25, -0.2) is 4.68 Å². The first-order valence-electron chi connectivity index (χ1n) is 8.16. The molecule has 0 amide bonds. The lowest BCUT2D eigenvalue weighted by atomic mass is 10.1. The van der Waals surface area contributed by atoms with Crippen LogP contribution in [0.3, 0.4) is 0 Å². The molecule has 2 aromatic rings. The summed E-state index contributed by atoms with van der Waals surface area (Å²) in [4.78, 5) is 12.5. The highest BCUT2D eigenvalue weighted by atomic mass is 32.2. The fourth-order valence-electron chi connectivity index (χ4n) is 2.39. The number of nitrogens with zero attached hydrogens (tertiary/aromatic N) is 2. The van der Waals surface area contributed by atoms with Gasteiger partial charge in [0.05, 0.1) is 18.6 Å². The highest BCUT2D eigenvalue weighted by Gasteiger charge is 2.13. The van der Waals surface area contributed by atoms with Crippen molar-refractivity contribution in [1.29, 1.82) is 0 Å². The summed E-state index contributed by atoms with van der Waals surface area (Å²) in [6.07, 6.45) is 0.917. The smallest absolute Gasteiger partial charge is 0.272 e. The molecule has 1 aromatic heterocycles. The van der Waals surface area contributed by atoms with E-state index >= 15 is 0 Å². The highest BCUT2D eigenvalue weighted by molar-refractivity contribution is 7.85. The zero-order valence-electron chi connectivity index (χ0n) is 15.2. The van der Waals surface area contributed by atoms with Gasteiger partial charge >= 0.3 is 0 Å². The Morgan fingerprint density at radius 1 is 1.26 bits per heavy atom. The highest BCUT2D eigenvalue weighted by Crippen LogP contribution is 2.19. The molecule has 0 fully saturated rings. The second-order valence-corrected chi connectivity index (χ2v) is 9.09. The minimum Gasteiger partial charge on any atom is -0.772 e. The van der Waals surface area contributed by atoms with Gasteiger partial charge in [-0.3, -0.25) is 13.2 Å². The van der Waals surface area contributed by atoms with Crippen LogP contribution in [0.5, 0.6) is 0 Å². The normalized spacial score (nSPS) is 13.1. The van der Waals surface area contributed by atoms with Crippen LogP contribution in [-0.4, -0.2) is 33.2 Å². The van der Waals surface area contributed by atoms with Gasteiger partial charge in [-0.2, -0.15) is 13.5 Å². The van der Waals surface area contributed by atoms with E-state index in [9.17, 15) is 22.0 Å². The zero-order valence-corrected chi connectivity index (χ0v) is 16.9. The van der Waals surface area contributed by atoms with Crippen LogP contribution < -0.4 is 5.56 Å². The Kier molecular flexibility index (Phi) is 7.04. The predicted molar refractivity (Wildman–Crippen MR) is 101 cm³/mol. The van der Waals surface area contributed by atoms with E-state index in [0.29, 0.717) is 23.4 Å². The maximum absolute atomic E-state index is 12.5. The van der Waals surface area contributed by atoms with Gasteiger partial charge in [-0.1, -0.05) is 49.2 Å². The molecule has 0 saturated heterocycles. The molecular weight excluding hydrogens is 392 g/mol. The van der Waals surface area contributed by atoms with E-state index < -0.39 is 26.8 Å². The molecule has 8 nitrogen and oxygen atoms in total. The molecule has 1 heterocycles. The van der Waals surface area contributed by atoms with E-state index in [-0.39, 0.29) is 23.8 Å². The number of hydrogen-bond donors (Lipinski definition) is 0. The SMILES string of the molecule is CC(C)Cn1nc(-c2ccc(CS(=O)[O-])cc2)cc(COS(C)(=O)=O)c1=O. The fourth-order valence-corrected chi connectivity index (χ4v) is 3.19. The lowest BCUT2D eigenvalue weighted by Gasteiger charge is -2.13. The summed E-state index contributed by atoms with van der Waals surface area (Å²) >= 11 is -2.18. The number of rotatable bonds is 8. The molecule has 27 heavy (non-hydrogen) atoms. The van der Waals surface area contributed by atoms with Crippen molar-refractivity contribution in [3.05, 3.63) is 51.8 Å². The lowest BCUT2D eigenvalue weighted by molar-refractivity contribution is 0.307. The van der Waals surface area contributed by atoms with E-state index in [1.807, 2.05) is 13.8 Å². The molecule has 1 unspecified atom stereocenters. The molecule has 0 radical (unpaired) electrons. The van der Waals surface area contributed by atoms with E-state index in [1.165, 1.54) is 10.7 Å². The first kappa shape index (κ1) is 21.4. The average molecular weight is 413 g/mol. The van der Waals surface area contributed by atoms with Gasteiger partial charge in [0, 0.05) is 23.4 Å². The first-order chi connectivity index (χ1) is 12.5. The summed E-state index contributed by atoms with van der Waals surface area (Å²) in [6, 6.07) is 8.23. The molecule has 0 aliphatic rings. The van der Waals surface area contributed by atoms with E-state index in [0.717, 1.165) is 6.26 Å². The molecule has 2 rings (SSSR count). The van der Waals surface area contributed by atoms with Gasteiger partial charge < -0.3 is 4.55 Å². The summed E-state index contributed by atoms with van der Waals surface area (Å²) in [5.74, 6) is 0.0668. The van der Waals surface area contributed by atoms with Crippen LogP contribution in [0.15, 0.2) is 35.1 Å². The van der Waals surface area contributed by atoms with Gasteiger partial charge in [0.25, 0.3) is 15.7 Å². The molecule has 0 N–H and O–H groups in total. The minimum atomic E-state index is -3.70. The Morgan fingerprint density at radius 2 is 1.89 bits per heavy atom. The summed E-state index contributed by atoms with van der Waals surface area (Å²) in [5, 5.41) is 4.36. The van der Waals surface area contributed by atoms with Crippen molar-refractivity contribution in [2.45, 2.75) is 32.8 Å². The number of aromatic nitrogens is 2. The fraction of sp³-hybridized carbons (Fsp3) is 0.412. The molecule has 0 aliphatic carbocycles. The van der Waals surface area contributed by atoms with Gasteiger partial charge in [-0.15, -0.1) is 0 Å². The van der Waals surface area contributed by atoms with E-state index in [4.69, 9.17) is 4.18 Å². The van der Waals surface area contributed by atoms with Crippen LogP contribution in [0.25, 0.3) is 11.3 Å². The van der Waals surface area contributed by atoms with Crippen molar-refractivity contribution in [1.82, 2.24) is 9.78 Å². The molecule has 148 valence electrons. The quantitative estimate of drug-likeness (QED) is 0.474. The standard InChI is InChI=1S/C17H22N2O6S2/c1-12(2)9-19-17(20)15(10-25-27(3,23)24)8-16(18-19)14-6-4-13(5-7-14)11-26(21)22/h4-8,12H,9-11H2,1-3H3,(H,21,22)/p-1. The average Bonchev–Trinajstić information content (AvgIpc) is 2.54. The van der Waals surface area contributed by atoms with Crippen molar-refractivity contribution in [2.75, 3.05) is 6.26 Å². The third-order valence-corrected chi connectivity index (χ3v) is 4.66. The van der Waals surface area contributed by atoms with E-state index in [1.54, 1.807) is 24.3 Å². The monoisotopic (exact) mass is 413 g/mol. The number of benzene rings is 1. The molecule has 0 spiro atoms. The van der Waals surface area contributed by atoms with Crippen LogP contribution in [0, 0.1) is 5.92 Å². The maximum atomic E-state index is 12.5. The van der Waals surface area contributed by atoms with Gasteiger partial charge in [0.2, 0.25) is 0 Å². The van der Waals surface area contributed by atoms with Gasteiger partial charge in [-0.05, 0) is 17.5 Å². The van der Waals surface area contributed by atoms with Crippen LogP contribution in [0.2, 0.25) is 0 Å². The largest absolute Gasteiger partial charge is 0.772 e. The zero-order chi connectivity index (χ0) is 20.2. The molecule has 1 aromatic carbocycles. The molecule has 0 aliphatic heterocycles.